The molecule has 0 radical (unpaired) electrons. The second-order valence-electron chi connectivity index (χ2n) is 5.65. The van der Waals surface area contributed by atoms with Crippen molar-refractivity contribution in [2.24, 2.45) is 4.99 Å². The van der Waals surface area contributed by atoms with E-state index in [9.17, 15) is 5.11 Å². The van der Waals surface area contributed by atoms with Crippen molar-refractivity contribution in [2.45, 2.75) is 32.6 Å². The van der Waals surface area contributed by atoms with Crippen LogP contribution in [0.25, 0.3) is 0 Å². The summed E-state index contributed by atoms with van der Waals surface area (Å²) in [5, 5.41) is 13.3. The summed E-state index contributed by atoms with van der Waals surface area (Å²) in [5.41, 5.74) is 4.58. The molecule has 124 valence electrons. The van der Waals surface area contributed by atoms with Gasteiger partial charge in [-0.3, -0.25) is 4.99 Å². The average molecular weight is 349 g/mol. The average Bonchev–Trinajstić information content (AvgIpc) is 3.01. The third-order valence-corrected chi connectivity index (χ3v) is 5.28. The number of nitrogens with one attached hydrogen (secondary N) is 1. The van der Waals surface area contributed by atoms with Gasteiger partial charge in [-0.2, -0.15) is 0 Å². The molecule has 0 aliphatic heterocycles. The Balaban J connectivity index is 1.82. The summed E-state index contributed by atoms with van der Waals surface area (Å²) in [5.74, 6) is 0.339. The van der Waals surface area contributed by atoms with Gasteiger partial charge in [-0.15, -0.1) is 11.8 Å². The second kappa shape index (κ2) is 9.08. The number of rotatable bonds is 7. The zero-order valence-electron chi connectivity index (χ0n) is 13.8. The van der Waals surface area contributed by atoms with Crippen LogP contribution in [0, 0.1) is 0 Å². The smallest absolute Gasteiger partial charge is 0.119 e. The van der Waals surface area contributed by atoms with Crippen molar-refractivity contribution in [1.82, 2.24) is 5.32 Å². The predicted octanol–water partition coefficient (Wildman–Crippen LogP) is 4.11. The van der Waals surface area contributed by atoms with Gasteiger partial charge in [0.25, 0.3) is 0 Å². The second-order valence-corrected chi connectivity index (χ2v) is 7.13. The van der Waals surface area contributed by atoms with E-state index in [1.165, 1.54) is 17.7 Å². The van der Waals surface area contributed by atoms with Crippen LogP contribution in [0.15, 0.2) is 40.5 Å². The van der Waals surface area contributed by atoms with Gasteiger partial charge in [-0.1, -0.05) is 30.4 Å². The standard InChI is InChI=1S/C18H24N2OS2/c1-13(12-14-6-3-4-9-17(14)21)19-10-11-20-16-8-5-7-15(16)18(22)23-2/h3-4,6,9,20-21H,5,7-8,10-12H2,1-2H3. The molecule has 0 fully saturated rings. The molecule has 3 nitrogen and oxygen atoms in total. The molecule has 0 heterocycles. The molecule has 23 heavy (non-hydrogen) atoms. The van der Waals surface area contributed by atoms with Crippen LogP contribution in [-0.4, -0.2) is 34.4 Å². The summed E-state index contributed by atoms with van der Waals surface area (Å²) in [7, 11) is 0. The Hall–Kier alpha value is -1.33. The number of phenolic OH excluding ortho intramolecular Hbond substituents is 1. The van der Waals surface area contributed by atoms with E-state index < -0.39 is 0 Å². The maximum Gasteiger partial charge on any atom is 0.119 e. The Morgan fingerprint density at radius 3 is 2.87 bits per heavy atom. The molecule has 0 amide bonds. The number of para-hydroxylation sites is 1. The van der Waals surface area contributed by atoms with Crippen molar-refractivity contribution < 1.29 is 5.11 Å². The Morgan fingerprint density at radius 2 is 2.13 bits per heavy atom. The highest BCUT2D eigenvalue weighted by atomic mass is 32.2. The topological polar surface area (TPSA) is 44.6 Å². The third-order valence-electron chi connectivity index (χ3n) is 3.92. The molecule has 1 aromatic carbocycles. The SMILES string of the molecule is CSC(=S)C1=C(NCCN=C(C)Cc2ccccc2O)CCC1. The minimum absolute atomic E-state index is 0.339. The molecule has 0 atom stereocenters. The van der Waals surface area contributed by atoms with Gasteiger partial charge >= 0.3 is 0 Å². The normalized spacial score (nSPS) is 15.1. The van der Waals surface area contributed by atoms with Crippen LogP contribution < -0.4 is 5.32 Å². The van der Waals surface area contributed by atoms with Gasteiger partial charge in [0.05, 0.1) is 10.7 Å². The minimum Gasteiger partial charge on any atom is -0.508 e. The first-order chi connectivity index (χ1) is 11.1. The number of benzene rings is 1. The van der Waals surface area contributed by atoms with E-state index >= 15 is 0 Å². The lowest BCUT2D eigenvalue weighted by atomic mass is 10.1. The highest BCUT2D eigenvalue weighted by Gasteiger charge is 2.17. The van der Waals surface area contributed by atoms with Crippen LogP contribution in [0.3, 0.4) is 0 Å². The Kier molecular flexibility index (Phi) is 7.12. The molecule has 0 spiro atoms. The van der Waals surface area contributed by atoms with Gasteiger partial charge in [0.2, 0.25) is 0 Å². The molecule has 1 aliphatic rings. The Morgan fingerprint density at radius 1 is 1.35 bits per heavy atom. The van der Waals surface area contributed by atoms with Crippen LogP contribution in [0.1, 0.15) is 31.7 Å². The number of nitrogens with zero attached hydrogens (tertiary/aromatic N) is 1. The molecule has 2 rings (SSSR count). The Bertz CT molecular complexity index is 623. The maximum atomic E-state index is 9.79. The third kappa shape index (κ3) is 5.36. The number of phenols is 1. The van der Waals surface area contributed by atoms with Gasteiger partial charge in [0.15, 0.2) is 0 Å². The Labute approximate surface area is 148 Å². The van der Waals surface area contributed by atoms with Crippen LogP contribution in [-0.2, 0) is 6.42 Å². The van der Waals surface area contributed by atoms with Crippen LogP contribution in [0.4, 0.5) is 0 Å². The molecule has 0 saturated heterocycles. The number of hydrogen-bond acceptors (Lipinski definition) is 5. The minimum atomic E-state index is 0.339. The summed E-state index contributed by atoms with van der Waals surface area (Å²) in [4.78, 5) is 4.59. The highest BCUT2D eigenvalue weighted by Crippen LogP contribution is 2.28. The zero-order valence-corrected chi connectivity index (χ0v) is 15.4. The van der Waals surface area contributed by atoms with E-state index in [-0.39, 0.29) is 0 Å². The lowest BCUT2D eigenvalue weighted by Crippen LogP contribution is -2.18. The summed E-state index contributed by atoms with van der Waals surface area (Å²) in [6.07, 6.45) is 6.11. The van der Waals surface area contributed by atoms with Crippen LogP contribution in [0.5, 0.6) is 5.75 Å². The molecule has 0 saturated carbocycles. The zero-order chi connectivity index (χ0) is 16.7. The van der Waals surface area contributed by atoms with Crippen molar-refractivity contribution in [2.75, 3.05) is 19.3 Å². The quantitative estimate of drug-likeness (QED) is 0.442. The number of allylic oxidation sites excluding steroid dienone is 1. The van der Waals surface area contributed by atoms with Gasteiger partial charge in [-0.25, -0.2) is 0 Å². The summed E-state index contributed by atoms with van der Waals surface area (Å²) in [6.45, 7) is 3.58. The molecule has 0 aromatic heterocycles. The summed E-state index contributed by atoms with van der Waals surface area (Å²) >= 11 is 7.07. The monoisotopic (exact) mass is 348 g/mol. The number of aromatic hydroxyl groups is 1. The van der Waals surface area contributed by atoms with Crippen LogP contribution in [0.2, 0.25) is 0 Å². The fourth-order valence-electron chi connectivity index (χ4n) is 2.73. The van der Waals surface area contributed by atoms with Gasteiger partial charge in [0.1, 0.15) is 5.75 Å². The molecule has 2 N–H and O–H groups in total. The van der Waals surface area contributed by atoms with Gasteiger partial charge < -0.3 is 10.4 Å². The first-order valence-electron chi connectivity index (χ1n) is 7.93. The molecule has 1 aliphatic carbocycles. The lowest BCUT2D eigenvalue weighted by molar-refractivity contribution is 0.470. The van der Waals surface area contributed by atoms with Gasteiger partial charge in [-0.05, 0) is 49.6 Å². The highest BCUT2D eigenvalue weighted by molar-refractivity contribution is 8.23. The predicted molar refractivity (Wildman–Crippen MR) is 105 cm³/mol. The van der Waals surface area contributed by atoms with E-state index in [2.05, 4.69) is 10.3 Å². The summed E-state index contributed by atoms with van der Waals surface area (Å²) in [6, 6.07) is 7.42. The fourth-order valence-corrected chi connectivity index (χ4v) is 3.43. The van der Waals surface area contributed by atoms with E-state index in [1.54, 1.807) is 17.8 Å². The van der Waals surface area contributed by atoms with Crippen molar-refractivity contribution in [3.63, 3.8) is 0 Å². The molecule has 0 unspecified atom stereocenters. The molecular weight excluding hydrogens is 324 g/mol. The summed E-state index contributed by atoms with van der Waals surface area (Å²) < 4.78 is 1.02. The van der Waals surface area contributed by atoms with E-state index in [0.717, 1.165) is 41.4 Å². The fraction of sp³-hybridized carbons (Fsp3) is 0.444. The van der Waals surface area contributed by atoms with E-state index in [0.29, 0.717) is 12.2 Å². The first kappa shape index (κ1) is 18.0. The van der Waals surface area contributed by atoms with Crippen LogP contribution >= 0.6 is 24.0 Å². The molecule has 5 heteroatoms. The number of thioether (sulfide) groups is 1. The number of thiocarbonyl (C=S) groups is 1. The maximum absolute atomic E-state index is 9.79. The van der Waals surface area contributed by atoms with Crippen molar-refractivity contribution in [3.8, 4) is 5.75 Å². The van der Waals surface area contributed by atoms with Crippen molar-refractivity contribution in [3.05, 3.63) is 41.1 Å². The van der Waals surface area contributed by atoms with Crippen molar-refractivity contribution >= 4 is 33.9 Å². The molecule has 0 bridgehead atoms. The largest absolute Gasteiger partial charge is 0.508 e. The van der Waals surface area contributed by atoms with E-state index in [4.69, 9.17) is 12.2 Å². The molecular formula is C18H24N2OS2. The first-order valence-corrected chi connectivity index (χ1v) is 9.56. The number of hydrogen-bond donors (Lipinski definition) is 2. The van der Waals surface area contributed by atoms with Crippen molar-refractivity contribution in [1.29, 1.82) is 0 Å². The lowest BCUT2D eigenvalue weighted by Gasteiger charge is -2.10. The van der Waals surface area contributed by atoms with E-state index in [1.807, 2.05) is 31.4 Å². The number of aliphatic imine (C=N–C) groups is 1. The molecule has 1 aromatic rings. The van der Waals surface area contributed by atoms with Gasteiger partial charge in [0, 0.05) is 24.4 Å².